The van der Waals surface area contributed by atoms with E-state index in [1.165, 1.54) is 13.1 Å². The summed E-state index contributed by atoms with van der Waals surface area (Å²) in [7, 11) is -1.28. The molecule has 9 rings (SSSR count). The zero-order chi connectivity index (χ0) is 68.0. The quantitative estimate of drug-likeness (QED) is 0.0148. The molecule has 0 saturated carbocycles. The molecule has 1 aliphatic heterocycles. The number of rotatable bonds is 29. The minimum atomic E-state index is -4.44. The first-order valence-electron chi connectivity index (χ1n) is 31.4. The van der Waals surface area contributed by atoms with Crippen LogP contribution in [0.4, 0.5) is 10.6 Å². The number of ether oxygens (including phenoxy) is 6. The number of aliphatic hydroxyl groups is 1. The predicted molar refractivity (Wildman–Crippen MR) is 366 cm³/mol. The third-order valence-electron chi connectivity index (χ3n) is 16.3. The molecule has 1 saturated heterocycles. The number of hydrogen-bond acceptors (Lipinski definition) is 17. The number of methoxy groups -OCH3 is 2. The van der Waals surface area contributed by atoms with Gasteiger partial charge in [-0.25, -0.2) is 24.0 Å². The molecular formula is C74H84N5O14PS. The average molecular weight is 1330 g/mol. The lowest BCUT2D eigenvalue weighted by atomic mass is 9.77. The molecule has 7 aromatic carbocycles. The second-order valence-electron chi connectivity index (χ2n) is 25.2. The molecule has 0 spiro atoms. The van der Waals surface area contributed by atoms with Gasteiger partial charge in [0.15, 0.2) is 17.4 Å². The van der Waals surface area contributed by atoms with Gasteiger partial charge in [-0.15, -0.1) is 0 Å². The Hall–Kier alpha value is -8.43. The molecule has 95 heavy (non-hydrogen) atoms. The van der Waals surface area contributed by atoms with Gasteiger partial charge in [0.25, 0.3) is 0 Å². The maximum Gasteiger partial charge on any atom is 0.408 e. The summed E-state index contributed by atoms with van der Waals surface area (Å²) in [4.78, 5) is 61.4. The fraction of sp³-hybridized carbons (Fsp3) is 0.338. The molecule has 6 atom stereocenters. The van der Waals surface area contributed by atoms with Gasteiger partial charge >= 0.3 is 25.5 Å². The largest absolute Gasteiger partial charge is 0.497 e. The van der Waals surface area contributed by atoms with Gasteiger partial charge in [-0.05, 0) is 117 Å². The molecule has 2 unspecified atom stereocenters. The van der Waals surface area contributed by atoms with E-state index in [1.54, 1.807) is 54.9 Å². The van der Waals surface area contributed by atoms with Gasteiger partial charge in [-0.1, -0.05) is 202 Å². The second kappa shape index (κ2) is 31.0. The summed E-state index contributed by atoms with van der Waals surface area (Å²) in [5, 5.41) is 21.7. The highest BCUT2D eigenvalue weighted by Crippen LogP contribution is 2.49. The third kappa shape index (κ3) is 17.0. The Morgan fingerprint density at radius 3 is 1.64 bits per heavy atom. The van der Waals surface area contributed by atoms with Gasteiger partial charge in [0.1, 0.15) is 51.8 Å². The van der Waals surface area contributed by atoms with Crippen molar-refractivity contribution in [3.8, 4) is 11.5 Å². The van der Waals surface area contributed by atoms with Gasteiger partial charge < -0.3 is 44.2 Å². The number of thioether (sulfide) groups is 1. The van der Waals surface area contributed by atoms with Crippen molar-refractivity contribution in [2.45, 2.75) is 109 Å². The summed E-state index contributed by atoms with van der Waals surface area (Å²) >= 11 is 0.986. The van der Waals surface area contributed by atoms with Gasteiger partial charge in [0, 0.05) is 18.5 Å². The number of nitrogens with zero attached hydrogens (tertiary/aromatic N) is 2. The number of carbonyl (C=O) groups is 3. The Morgan fingerprint density at radius 1 is 0.684 bits per heavy atom. The van der Waals surface area contributed by atoms with Crippen LogP contribution in [0.3, 0.4) is 0 Å². The van der Waals surface area contributed by atoms with E-state index in [2.05, 4.69) is 20.7 Å². The van der Waals surface area contributed by atoms with Crippen molar-refractivity contribution in [2.75, 3.05) is 45.1 Å². The Morgan fingerprint density at radius 2 is 1.17 bits per heavy atom. The second-order valence-corrected chi connectivity index (χ2v) is 28.1. The lowest BCUT2D eigenvalue weighted by molar-refractivity contribution is -0.167. The summed E-state index contributed by atoms with van der Waals surface area (Å²) in [5.41, 5.74) is -1.67. The lowest BCUT2D eigenvalue weighted by Gasteiger charge is -2.38. The van der Waals surface area contributed by atoms with Crippen LogP contribution in [0.1, 0.15) is 101 Å². The van der Waals surface area contributed by atoms with Gasteiger partial charge in [0.05, 0.1) is 39.5 Å². The van der Waals surface area contributed by atoms with E-state index in [-0.39, 0.29) is 36.4 Å². The highest BCUT2D eigenvalue weighted by atomic mass is 32.2. The first kappa shape index (κ1) is 70.9. The Balaban J connectivity index is 0.990. The van der Waals surface area contributed by atoms with E-state index in [0.717, 1.165) is 55.3 Å². The van der Waals surface area contributed by atoms with Crippen LogP contribution in [0, 0.1) is 11.3 Å². The van der Waals surface area contributed by atoms with Crippen LogP contribution in [-0.2, 0) is 59.8 Å². The molecule has 0 radical (unpaired) electrons. The number of carbonyl (C=O) groups excluding carboxylic acids is 3. The standard InChI is InChI=1S/C74H84N5O14PS/c1-51(2)63(77-69(83)93-70(3,4)5)65(80)92-64-61(91-66(72(64,8)84)79-45-44-62(76-68(79)82)78-73(53-28-18-12-19-29-53,54-36-40-59(86-9)41-37-54)55-38-42-60(87-10)43-39-55)49-90-94(85,75-48-52-26-16-11-17-27-52)89-46-47-95-67(81)71(6,7)50-88-74(56-30-20-13-21-31-56,57-32-22-14-23-33-57)58-34-24-15-25-35-58/h11-45,51,61,63-64,66,84H,46-50H2,1-10H3,(H,75,85)(H,77,83)(H,76,78,82)/t61-,63+,64-,66?,72-,94?/m1/s1. The number of anilines is 1. The molecule has 1 fully saturated rings. The molecule has 1 aliphatic rings. The van der Waals surface area contributed by atoms with E-state index in [4.69, 9.17) is 37.5 Å². The molecule has 1 aromatic heterocycles. The van der Waals surface area contributed by atoms with Crippen LogP contribution in [0.25, 0.3) is 0 Å². The number of aromatic nitrogens is 2. The van der Waals surface area contributed by atoms with Gasteiger partial charge in [-0.2, -0.15) is 4.98 Å². The normalized spacial score (nSPS) is 17.7. The summed E-state index contributed by atoms with van der Waals surface area (Å²) in [6.45, 7) is 12.5. The maximum absolute atomic E-state index is 15.2. The van der Waals surface area contributed by atoms with Crippen molar-refractivity contribution in [3.05, 3.63) is 262 Å². The van der Waals surface area contributed by atoms with Crippen LogP contribution >= 0.6 is 19.5 Å². The first-order chi connectivity index (χ1) is 45.4. The van der Waals surface area contributed by atoms with Gasteiger partial charge in [-0.3, -0.25) is 18.4 Å². The Labute approximate surface area is 559 Å². The average Bonchev–Trinajstić information content (AvgIpc) is 1.60. The van der Waals surface area contributed by atoms with Crippen LogP contribution < -0.4 is 30.9 Å². The predicted octanol–water partition coefficient (Wildman–Crippen LogP) is 13.0. The highest BCUT2D eigenvalue weighted by Gasteiger charge is 2.58. The van der Waals surface area contributed by atoms with Crippen LogP contribution in [0.5, 0.6) is 11.5 Å². The van der Waals surface area contributed by atoms with E-state index < -0.39 is 90.3 Å². The van der Waals surface area contributed by atoms with E-state index in [9.17, 15) is 24.3 Å². The zero-order valence-electron chi connectivity index (χ0n) is 55.1. The molecule has 19 nitrogen and oxygen atoms in total. The number of nitrogens with one attached hydrogen (secondary N) is 3. The van der Waals surface area contributed by atoms with Gasteiger partial charge in [0.2, 0.25) is 0 Å². The number of esters is 1. The highest BCUT2D eigenvalue weighted by molar-refractivity contribution is 8.13. The van der Waals surface area contributed by atoms with E-state index in [0.29, 0.717) is 11.5 Å². The minimum Gasteiger partial charge on any atom is -0.497 e. The maximum atomic E-state index is 15.2. The topological polar surface area (TPSA) is 233 Å². The minimum absolute atomic E-state index is 0.00116. The number of amides is 1. The molecule has 21 heteroatoms. The van der Waals surface area contributed by atoms with Crippen molar-refractivity contribution in [1.82, 2.24) is 20.0 Å². The monoisotopic (exact) mass is 1330 g/mol. The molecule has 500 valence electrons. The van der Waals surface area contributed by atoms with Crippen molar-refractivity contribution < 1.29 is 61.5 Å². The number of hydrogen-bond donors (Lipinski definition) is 4. The summed E-state index contributed by atoms with van der Waals surface area (Å²) in [5.74, 6) is -0.128. The molecule has 0 bridgehead atoms. The molecule has 8 aromatic rings. The molecule has 1 amide bonds. The molecular weight excluding hydrogens is 1250 g/mol. The van der Waals surface area contributed by atoms with Crippen molar-refractivity contribution in [2.24, 2.45) is 11.3 Å². The Kier molecular flexibility index (Phi) is 23.1. The van der Waals surface area contributed by atoms with Crippen LogP contribution in [0.2, 0.25) is 0 Å². The Bertz CT molecular complexity index is 3770. The zero-order valence-corrected chi connectivity index (χ0v) is 56.8. The summed E-state index contributed by atoms with van der Waals surface area (Å²) < 4.78 is 65.1. The fourth-order valence-corrected chi connectivity index (χ4v) is 13.6. The van der Waals surface area contributed by atoms with E-state index in [1.807, 2.05) is 214 Å². The lowest BCUT2D eigenvalue weighted by Crippen LogP contribution is -2.53. The smallest absolute Gasteiger partial charge is 0.408 e. The third-order valence-corrected chi connectivity index (χ3v) is 19.0. The number of benzene rings is 7. The van der Waals surface area contributed by atoms with Crippen molar-refractivity contribution >= 4 is 42.5 Å². The van der Waals surface area contributed by atoms with E-state index >= 15 is 4.57 Å². The van der Waals surface area contributed by atoms with Crippen LogP contribution in [0.15, 0.2) is 217 Å². The molecule has 0 aliphatic carbocycles. The SMILES string of the molecule is COc1ccc(C(Nc2ccn(C3O[C@H](COP(=O)(NCc4ccccc4)OCCSC(=O)C(C)(C)COC(c4ccccc4)(c4ccccc4)c4ccccc4)[C@@H](OC(=O)[C@@H](NC(=O)OC(C)(C)C)C(C)C)[C@@]3(C)O)c(=O)n2)(c2ccccc2)c2ccc(OC)cc2)cc1. The summed E-state index contributed by atoms with van der Waals surface area (Å²) in [6.07, 6.45) is -4.28. The first-order valence-corrected chi connectivity index (χ1v) is 33.9. The van der Waals surface area contributed by atoms with Crippen molar-refractivity contribution in [3.63, 3.8) is 0 Å². The van der Waals surface area contributed by atoms with Crippen LogP contribution in [-0.4, -0.2) is 101 Å². The van der Waals surface area contributed by atoms with Crippen molar-refractivity contribution in [1.29, 1.82) is 0 Å². The summed E-state index contributed by atoms with van der Waals surface area (Å²) in [6, 6.07) is 63.6. The molecule has 2 heterocycles. The molecule has 4 N–H and O–H groups in total. The fourth-order valence-electron chi connectivity index (χ4n) is 11.3. The number of alkyl carbamates (subject to hydrolysis) is 1.